The quantitative estimate of drug-likeness (QED) is 0.296. The molecule has 0 aromatic heterocycles. The fraction of sp³-hybridized carbons (Fsp3) is 0.360. The van der Waals surface area contributed by atoms with Gasteiger partial charge in [-0.3, -0.25) is 19.2 Å². The van der Waals surface area contributed by atoms with Crippen molar-refractivity contribution in [2.75, 3.05) is 21.0 Å². The second kappa shape index (κ2) is 10.5. The lowest BCUT2D eigenvalue weighted by Gasteiger charge is -2.27. The summed E-state index contributed by atoms with van der Waals surface area (Å²) in [5.74, 6) is -2.97. The summed E-state index contributed by atoms with van der Waals surface area (Å²) in [6, 6.07) is 6.12. The number of hydrogen-bond donors (Lipinski definition) is 0. The molecular formula is C25H26O10. The van der Waals surface area contributed by atoms with E-state index in [4.69, 9.17) is 28.4 Å². The highest BCUT2D eigenvalue weighted by atomic mass is 16.7. The molecule has 1 heterocycles. The van der Waals surface area contributed by atoms with Crippen LogP contribution in [-0.4, -0.2) is 44.5 Å². The molecule has 0 N–H and O–H groups in total. The van der Waals surface area contributed by atoms with Crippen LogP contribution in [0.25, 0.3) is 0 Å². The third-order valence-corrected chi connectivity index (χ3v) is 5.39. The molecule has 0 saturated carbocycles. The van der Waals surface area contributed by atoms with Gasteiger partial charge < -0.3 is 28.4 Å². The lowest BCUT2D eigenvalue weighted by atomic mass is 9.76. The fourth-order valence-corrected chi connectivity index (χ4v) is 4.06. The Morgan fingerprint density at radius 1 is 0.743 bits per heavy atom. The number of carbonyl (C=O) groups is 4. The van der Waals surface area contributed by atoms with Crippen molar-refractivity contribution in [2.45, 2.75) is 33.6 Å². The van der Waals surface area contributed by atoms with E-state index >= 15 is 0 Å². The minimum absolute atomic E-state index is 0.0372. The van der Waals surface area contributed by atoms with Gasteiger partial charge in [0, 0.05) is 31.4 Å². The summed E-state index contributed by atoms with van der Waals surface area (Å²) < 4.78 is 32.5. The third kappa shape index (κ3) is 5.37. The highest BCUT2D eigenvalue weighted by Crippen LogP contribution is 2.48. The summed E-state index contributed by atoms with van der Waals surface area (Å²) in [4.78, 5) is 49.0. The molecule has 1 atom stereocenters. The first-order valence-electron chi connectivity index (χ1n) is 10.6. The van der Waals surface area contributed by atoms with E-state index in [-0.39, 0.29) is 29.8 Å². The van der Waals surface area contributed by atoms with Gasteiger partial charge in [-0.25, -0.2) is 0 Å². The number of rotatable bonds is 9. The summed E-state index contributed by atoms with van der Waals surface area (Å²) in [5.41, 5.74) is 0.751. The van der Waals surface area contributed by atoms with Gasteiger partial charge in [-0.2, -0.15) is 0 Å². The first kappa shape index (κ1) is 25.5. The largest absolute Gasteiger partial charge is 0.493 e. The number of carbonyl (C=O) groups excluding carboxylic acids is 4. The van der Waals surface area contributed by atoms with Gasteiger partial charge in [0.25, 0.3) is 0 Å². The van der Waals surface area contributed by atoms with Crippen molar-refractivity contribution in [3.8, 4) is 34.5 Å². The number of esters is 2. The second-order valence-corrected chi connectivity index (χ2v) is 7.86. The Kier molecular flexibility index (Phi) is 7.63. The summed E-state index contributed by atoms with van der Waals surface area (Å²) >= 11 is 0. The van der Waals surface area contributed by atoms with Gasteiger partial charge in [-0.15, -0.1) is 0 Å². The standard InChI is InChI=1S/C25H26O10/c1-12(26)23(13(2)27)24(16-7-21(30-5)25(35-15(4)29)22(8-16)31-6)17-9-19-20(33-11-32-19)10-18(17)34-14(3)28/h7-10,23-24H,11H2,1-6H3/t24-/m1/s1. The summed E-state index contributed by atoms with van der Waals surface area (Å²) in [5, 5.41) is 0. The molecule has 0 saturated heterocycles. The van der Waals surface area contributed by atoms with Gasteiger partial charge >= 0.3 is 11.9 Å². The van der Waals surface area contributed by atoms with Crippen molar-refractivity contribution in [1.29, 1.82) is 0 Å². The van der Waals surface area contributed by atoms with Gasteiger partial charge in [-0.05, 0) is 37.6 Å². The zero-order valence-corrected chi connectivity index (χ0v) is 20.3. The lowest BCUT2D eigenvalue weighted by Crippen LogP contribution is -2.28. The molecule has 186 valence electrons. The van der Waals surface area contributed by atoms with Gasteiger partial charge in [0.1, 0.15) is 17.3 Å². The molecule has 10 nitrogen and oxygen atoms in total. The first-order chi connectivity index (χ1) is 16.6. The maximum absolute atomic E-state index is 12.7. The van der Waals surface area contributed by atoms with Crippen LogP contribution in [0, 0.1) is 5.92 Å². The number of benzene rings is 2. The van der Waals surface area contributed by atoms with Crippen LogP contribution in [0.3, 0.4) is 0 Å². The molecule has 0 unspecified atom stereocenters. The third-order valence-electron chi connectivity index (χ3n) is 5.39. The number of ketones is 2. The van der Waals surface area contributed by atoms with E-state index < -0.39 is 35.3 Å². The molecule has 0 aliphatic carbocycles. The maximum atomic E-state index is 12.7. The predicted octanol–water partition coefficient (Wildman–Crippen LogP) is 3.21. The molecular weight excluding hydrogens is 460 g/mol. The molecule has 1 aliphatic heterocycles. The van der Waals surface area contributed by atoms with Crippen LogP contribution in [-0.2, 0) is 19.2 Å². The van der Waals surface area contributed by atoms with Gasteiger partial charge in [0.2, 0.25) is 12.5 Å². The molecule has 2 aromatic rings. The molecule has 10 heteroatoms. The van der Waals surface area contributed by atoms with Gasteiger partial charge in [0.05, 0.1) is 20.1 Å². The van der Waals surface area contributed by atoms with Crippen molar-refractivity contribution in [1.82, 2.24) is 0 Å². The van der Waals surface area contributed by atoms with Crippen LogP contribution in [0.1, 0.15) is 44.7 Å². The normalized spacial score (nSPS) is 12.7. The van der Waals surface area contributed by atoms with Crippen molar-refractivity contribution in [3.05, 3.63) is 35.4 Å². The van der Waals surface area contributed by atoms with Crippen LogP contribution in [0.5, 0.6) is 34.5 Å². The van der Waals surface area contributed by atoms with Crippen LogP contribution >= 0.6 is 0 Å². The highest BCUT2D eigenvalue weighted by Gasteiger charge is 2.37. The Balaban J connectivity index is 2.35. The van der Waals surface area contributed by atoms with Crippen LogP contribution < -0.4 is 28.4 Å². The number of fused-ring (bicyclic) bond motifs is 1. The van der Waals surface area contributed by atoms with E-state index in [2.05, 4.69) is 0 Å². The average Bonchev–Trinajstić information content (AvgIpc) is 3.23. The van der Waals surface area contributed by atoms with Crippen molar-refractivity contribution < 1.29 is 47.6 Å². The minimum atomic E-state index is -1.15. The van der Waals surface area contributed by atoms with Gasteiger partial charge in [-0.1, -0.05) is 0 Å². The van der Waals surface area contributed by atoms with Gasteiger partial charge in [0.15, 0.2) is 23.0 Å². The summed E-state index contributed by atoms with van der Waals surface area (Å²) in [6.45, 7) is 5.04. The molecule has 0 bridgehead atoms. The number of Topliss-reactive ketones (excluding diaryl/α,β-unsaturated/α-hetero) is 2. The molecule has 0 amide bonds. The lowest BCUT2D eigenvalue weighted by molar-refractivity contribution is -0.133. The summed E-state index contributed by atoms with van der Waals surface area (Å²) in [7, 11) is 2.75. The van der Waals surface area contributed by atoms with Crippen molar-refractivity contribution in [2.24, 2.45) is 5.92 Å². The number of hydrogen-bond acceptors (Lipinski definition) is 10. The molecule has 0 fully saturated rings. The van der Waals surface area contributed by atoms with Crippen LogP contribution in [0.15, 0.2) is 24.3 Å². The molecule has 3 rings (SSSR count). The van der Waals surface area contributed by atoms with E-state index in [1.54, 1.807) is 6.07 Å². The Morgan fingerprint density at radius 2 is 1.26 bits per heavy atom. The fourth-order valence-electron chi connectivity index (χ4n) is 4.06. The first-order valence-corrected chi connectivity index (χ1v) is 10.6. The molecule has 0 radical (unpaired) electrons. The average molecular weight is 486 g/mol. The Hall–Kier alpha value is -4.08. The Labute approximate surface area is 202 Å². The predicted molar refractivity (Wildman–Crippen MR) is 121 cm³/mol. The van der Waals surface area contributed by atoms with E-state index in [0.717, 1.165) is 0 Å². The van der Waals surface area contributed by atoms with E-state index in [9.17, 15) is 19.2 Å². The van der Waals surface area contributed by atoms with Crippen LogP contribution in [0.4, 0.5) is 0 Å². The van der Waals surface area contributed by atoms with Crippen LogP contribution in [0.2, 0.25) is 0 Å². The molecule has 35 heavy (non-hydrogen) atoms. The Morgan fingerprint density at radius 3 is 1.71 bits per heavy atom. The minimum Gasteiger partial charge on any atom is -0.493 e. The van der Waals surface area contributed by atoms with Crippen molar-refractivity contribution in [3.63, 3.8) is 0 Å². The topological polar surface area (TPSA) is 124 Å². The highest BCUT2D eigenvalue weighted by molar-refractivity contribution is 6.02. The maximum Gasteiger partial charge on any atom is 0.308 e. The van der Waals surface area contributed by atoms with E-state index in [0.29, 0.717) is 22.6 Å². The summed E-state index contributed by atoms with van der Waals surface area (Å²) in [6.07, 6.45) is 0. The zero-order chi connectivity index (χ0) is 25.9. The second-order valence-electron chi connectivity index (χ2n) is 7.86. The van der Waals surface area contributed by atoms with E-state index in [1.165, 1.54) is 60.1 Å². The SMILES string of the molecule is COc1cc([C@H](c2cc3c(cc2OC(C)=O)OCO3)C(C(C)=O)C(C)=O)cc(OC)c1OC(C)=O. The molecule has 2 aromatic carbocycles. The van der Waals surface area contributed by atoms with Crippen molar-refractivity contribution >= 4 is 23.5 Å². The molecule has 0 spiro atoms. The zero-order valence-electron chi connectivity index (χ0n) is 20.3. The Bertz CT molecular complexity index is 1140. The molecule has 1 aliphatic rings. The number of ether oxygens (including phenoxy) is 6. The number of methoxy groups -OCH3 is 2. The smallest absolute Gasteiger partial charge is 0.308 e. The monoisotopic (exact) mass is 486 g/mol. The van der Waals surface area contributed by atoms with E-state index in [1.807, 2.05) is 0 Å².